The maximum absolute atomic E-state index is 12.0. The number of fused-ring (bicyclic) bond motifs is 3. The lowest BCUT2D eigenvalue weighted by atomic mass is 9.80. The number of nitrogens with zero attached hydrogens (tertiary/aromatic N) is 1. The van der Waals surface area contributed by atoms with Crippen LogP contribution in [-0.2, 0) is 28.3 Å². The molecular weight excluding hydrogens is 604 g/mol. The number of ether oxygens (including phenoxy) is 2. The van der Waals surface area contributed by atoms with E-state index < -0.39 is 11.7 Å². The minimum atomic E-state index is -0.915. The van der Waals surface area contributed by atoms with Crippen LogP contribution in [0.25, 0.3) is 0 Å². The van der Waals surface area contributed by atoms with E-state index in [1.54, 1.807) is 12.1 Å². The van der Waals surface area contributed by atoms with Crippen molar-refractivity contribution in [2.24, 2.45) is 11.8 Å². The van der Waals surface area contributed by atoms with Gasteiger partial charge in [0.05, 0.1) is 45.6 Å². The zero-order chi connectivity index (χ0) is 33.6. The molecule has 2 bridgehead atoms. The van der Waals surface area contributed by atoms with Crippen LogP contribution in [0.5, 0.6) is 5.75 Å². The van der Waals surface area contributed by atoms with Gasteiger partial charge in [0.15, 0.2) is 0 Å². The highest BCUT2D eigenvalue weighted by atomic mass is 16.5. The molecule has 0 spiro atoms. The van der Waals surface area contributed by atoms with Gasteiger partial charge in [-0.3, -0.25) is 0 Å². The lowest BCUT2D eigenvalue weighted by molar-refractivity contribution is -0.946. The molecule has 3 aromatic rings. The number of aromatic hydroxyl groups is 1. The van der Waals surface area contributed by atoms with Crippen molar-refractivity contribution in [2.75, 3.05) is 45.9 Å². The first kappa shape index (κ1) is 35.0. The summed E-state index contributed by atoms with van der Waals surface area (Å²) < 4.78 is 14.0. The number of piperidine rings is 3. The van der Waals surface area contributed by atoms with Crippen molar-refractivity contribution in [3.63, 3.8) is 0 Å². The Labute approximate surface area is 285 Å². The van der Waals surface area contributed by atoms with E-state index >= 15 is 0 Å². The predicted octanol–water partition coefficient (Wildman–Crippen LogP) is 5.49. The molecule has 4 atom stereocenters. The summed E-state index contributed by atoms with van der Waals surface area (Å²) in [5.41, 5.74) is 3.40. The first-order chi connectivity index (χ1) is 23.3. The van der Waals surface area contributed by atoms with Crippen molar-refractivity contribution in [1.82, 2.24) is 5.32 Å². The number of quaternary nitrogens is 1. The number of hydrogen-bond acceptors (Lipinski definition) is 7. The van der Waals surface area contributed by atoms with E-state index in [2.05, 4.69) is 48.6 Å². The topological polar surface area (TPSA) is 111 Å². The van der Waals surface area contributed by atoms with Gasteiger partial charge in [-0.05, 0) is 60.1 Å². The Morgan fingerprint density at radius 2 is 1.65 bits per heavy atom. The zero-order valence-corrected chi connectivity index (χ0v) is 28.5. The Balaban J connectivity index is 0.951. The van der Waals surface area contributed by atoms with Crippen LogP contribution in [0, 0.1) is 11.8 Å². The Morgan fingerprint density at radius 3 is 2.35 bits per heavy atom. The number of rotatable bonds is 16. The molecule has 8 heteroatoms. The average Bonchev–Trinajstić information content (AvgIpc) is 3.69. The maximum Gasteiger partial charge on any atom is 0.121 e. The van der Waals surface area contributed by atoms with E-state index in [0.717, 1.165) is 47.1 Å². The van der Waals surface area contributed by atoms with E-state index in [-0.39, 0.29) is 30.4 Å². The van der Waals surface area contributed by atoms with E-state index in [1.807, 2.05) is 18.2 Å². The fraction of sp³-hybridized carbons (Fsp3) is 0.550. The fourth-order valence-electron chi connectivity index (χ4n) is 8.34. The van der Waals surface area contributed by atoms with Gasteiger partial charge in [0.2, 0.25) is 0 Å². The van der Waals surface area contributed by atoms with Gasteiger partial charge in [-0.25, -0.2) is 0 Å². The molecule has 4 fully saturated rings. The van der Waals surface area contributed by atoms with E-state index in [0.29, 0.717) is 43.4 Å². The summed E-state index contributed by atoms with van der Waals surface area (Å²) in [5, 5.41) is 45.2. The number of hydrogen-bond donors (Lipinski definition) is 5. The van der Waals surface area contributed by atoms with Gasteiger partial charge in [0.25, 0.3) is 0 Å². The van der Waals surface area contributed by atoms with E-state index in [4.69, 9.17) is 9.47 Å². The minimum Gasteiger partial charge on any atom is -0.508 e. The summed E-state index contributed by atoms with van der Waals surface area (Å²) in [4.78, 5) is 0. The van der Waals surface area contributed by atoms with Gasteiger partial charge in [-0.15, -0.1) is 0 Å². The molecule has 1 aliphatic carbocycles. The normalized spacial score (nSPS) is 25.2. The van der Waals surface area contributed by atoms with Crippen molar-refractivity contribution in [3.05, 3.63) is 101 Å². The lowest BCUT2D eigenvalue weighted by Crippen LogP contribution is -2.65. The molecule has 0 unspecified atom stereocenters. The quantitative estimate of drug-likeness (QED) is 0.102. The van der Waals surface area contributed by atoms with Gasteiger partial charge in [-0.2, -0.15) is 0 Å². The molecule has 0 amide bonds. The highest BCUT2D eigenvalue weighted by molar-refractivity contribution is 5.36. The Morgan fingerprint density at radius 1 is 0.938 bits per heavy atom. The number of nitrogens with one attached hydrogen (secondary N) is 1. The molecule has 8 nitrogen and oxygen atoms in total. The summed E-state index contributed by atoms with van der Waals surface area (Å²) >= 11 is 0. The number of aliphatic hydroxyl groups is 3. The molecule has 48 heavy (non-hydrogen) atoms. The molecule has 4 aliphatic rings. The van der Waals surface area contributed by atoms with Gasteiger partial charge < -0.3 is 39.7 Å². The standard InChI is InChI=1S/C40H54N2O6/c1-29(41-24-38(45)33-15-16-37(44)34(23-33)26-43)31-13-11-30(12-14-31)27-47-22-21-42-19-17-32(18-20-42)39(25-42)48-28-40(46,36-9-5-6-10-36)35-7-3-2-4-8-35/h2-4,7-8,11-16,23,29,32,36,38-39,41,43,45-46H,5-6,9-10,17-22,24-28H2,1H3/p+1/t29-,32?,38+,39+,40-,42?/m1/s1. The molecule has 0 radical (unpaired) electrons. The SMILES string of the molecule is C[C@@H](NC[C@H](O)c1ccc(O)c(CO)c1)c1ccc(COCC[N+]23CCC(CC2)[C@@H](OC[C@@](O)(c2ccccc2)C2CCCC2)C3)cc1. The Kier molecular flexibility index (Phi) is 11.5. The van der Waals surface area contributed by atoms with Crippen LogP contribution in [0.3, 0.4) is 0 Å². The van der Waals surface area contributed by atoms with Crippen LogP contribution in [0.4, 0.5) is 0 Å². The molecule has 5 N–H and O–H groups in total. The Bertz CT molecular complexity index is 1440. The number of benzene rings is 3. The highest BCUT2D eigenvalue weighted by Crippen LogP contribution is 2.42. The van der Waals surface area contributed by atoms with E-state index in [9.17, 15) is 20.4 Å². The number of phenols is 1. The Hall–Kier alpha value is -2.82. The second-order valence-corrected chi connectivity index (χ2v) is 14.6. The molecule has 0 aromatic heterocycles. The predicted molar refractivity (Wildman–Crippen MR) is 186 cm³/mol. The largest absolute Gasteiger partial charge is 0.508 e. The van der Waals surface area contributed by atoms with Crippen molar-refractivity contribution in [1.29, 1.82) is 0 Å². The number of aliphatic hydroxyl groups excluding tert-OH is 2. The monoisotopic (exact) mass is 659 g/mol. The van der Waals surface area contributed by atoms with Crippen molar-refractivity contribution in [3.8, 4) is 5.75 Å². The first-order valence-electron chi connectivity index (χ1n) is 18.0. The molecule has 3 aromatic carbocycles. The maximum atomic E-state index is 12.0. The van der Waals surface area contributed by atoms with Gasteiger partial charge in [0, 0.05) is 36.9 Å². The molecule has 3 aliphatic heterocycles. The van der Waals surface area contributed by atoms with Crippen LogP contribution >= 0.6 is 0 Å². The summed E-state index contributed by atoms with van der Waals surface area (Å²) in [6.45, 7) is 8.17. The molecule has 260 valence electrons. The second kappa shape index (κ2) is 15.8. The van der Waals surface area contributed by atoms with Crippen molar-refractivity contribution < 1.29 is 34.4 Å². The minimum absolute atomic E-state index is 0.0284. The van der Waals surface area contributed by atoms with Gasteiger partial charge in [-0.1, -0.05) is 73.5 Å². The summed E-state index contributed by atoms with van der Waals surface area (Å²) in [6, 6.07) is 23.5. The molecule has 7 rings (SSSR count). The third-order valence-electron chi connectivity index (χ3n) is 11.6. The van der Waals surface area contributed by atoms with Gasteiger partial charge in [0.1, 0.15) is 30.5 Å². The molecular formula is C40H55N2O6+. The van der Waals surface area contributed by atoms with Crippen molar-refractivity contribution >= 4 is 0 Å². The third kappa shape index (κ3) is 8.13. The summed E-state index contributed by atoms with van der Waals surface area (Å²) in [7, 11) is 0. The van der Waals surface area contributed by atoms with Crippen LogP contribution in [0.15, 0.2) is 72.8 Å². The molecule has 3 heterocycles. The summed E-state index contributed by atoms with van der Waals surface area (Å²) in [5.74, 6) is 0.873. The lowest BCUT2D eigenvalue weighted by Gasteiger charge is -2.52. The summed E-state index contributed by atoms with van der Waals surface area (Å²) in [6.07, 6.45) is 6.31. The average molecular weight is 660 g/mol. The third-order valence-corrected chi connectivity index (χ3v) is 11.6. The second-order valence-electron chi connectivity index (χ2n) is 14.6. The fourth-order valence-corrected chi connectivity index (χ4v) is 8.34. The van der Waals surface area contributed by atoms with Crippen LogP contribution in [0.2, 0.25) is 0 Å². The molecule has 3 saturated heterocycles. The van der Waals surface area contributed by atoms with Crippen LogP contribution in [-0.4, -0.2) is 77.0 Å². The van der Waals surface area contributed by atoms with E-state index in [1.165, 1.54) is 44.8 Å². The first-order valence-corrected chi connectivity index (χ1v) is 18.0. The van der Waals surface area contributed by atoms with Gasteiger partial charge >= 0.3 is 0 Å². The van der Waals surface area contributed by atoms with Crippen molar-refractivity contribution in [2.45, 2.75) is 82.5 Å². The molecule has 1 saturated carbocycles. The smallest absolute Gasteiger partial charge is 0.121 e. The van der Waals surface area contributed by atoms with Crippen LogP contribution in [0.1, 0.15) is 85.4 Å². The highest BCUT2D eigenvalue weighted by Gasteiger charge is 2.48. The van der Waals surface area contributed by atoms with Crippen LogP contribution < -0.4 is 5.32 Å². The zero-order valence-electron chi connectivity index (χ0n) is 28.5.